The Labute approximate surface area is 153 Å². The molecule has 0 amide bonds. The minimum absolute atomic E-state index is 0.401. The Hall–Kier alpha value is -1.33. The van der Waals surface area contributed by atoms with E-state index < -0.39 is 5.97 Å². The molecule has 0 heterocycles. The summed E-state index contributed by atoms with van der Waals surface area (Å²) < 4.78 is 12.7. The van der Waals surface area contributed by atoms with Crippen LogP contribution in [0, 0.1) is 5.92 Å². The van der Waals surface area contributed by atoms with Crippen LogP contribution in [0.15, 0.2) is 51.4 Å². The molecule has 0 unspecified atom stereocenters. The molecule has 0 saturated carbocycles. The molecular formula is C18H18Br2O3. The van der Waals surface area contributed by atoms with E-state index in [4.69, 9.17) is 9.47 Å². The first kappa shape index (κ1) is 18.0. The van der Waals surface area contributed by atoms with Gasteiger partial charge in [0.05, 0.1) is 16.6 Å². The van der Waals surface area contributed by atoms with Gasteiger partial charge in [-0.05, 0) is 70.7 Å². The maximum absolute atomic E-state index is 12.2. The molecule has 5 heteroatoms. The average Bonchev–Trinajstić information content (AvgIpc) is 2.50. The van der Waals surface area contributed by atoms with Crippen molar-refractivity contribution in [2.45, 2.75) is 20.3 Å². The molecule has 0 spiro atoms. The second-order valence-corrected chi connectivity index (χ2v) is 7.29. The molecule has 2 aromatic rings. The first-order valence-corrected chi connectivity index (χ1v) is 8.94. The van der Waals surface area contributed by atoms with Gasteiger partial charge < -0.3 is 9.47 Å². The Balaban J connectivity index is 1.97. The highest BCUT2D eigenvalue weighted by atomic mass is 79.9. The first-order chi connectivity index (χ1) is 11.0. The Morgan fingerprint density at radius 3 is 2.39 bits per heavy atom. The predicted octanol–water partition coefficient (Wildman–Crippen LogP) is 5.86. The van der Waals surface area contributed by atoms with Crippen molar-refractivity contribution >= 4 is 37.8 Å². The lowest BCUT2D eigenvalue weighted by Crippen LogP contribution is -2.09. The van der Waals surface area contributed by atoms with Gasteiger partial charge in [0.2, 0.25) is 0 Å². The van der Waals surface area contributed by atoms with Crippen molar-refractivity contribution in [3.8, 4) is 11.5 Å². The Morgan fingerprint density at radius 1 is 1.09 bits per heavy atom. The molecule has 0 bridgehead atoms. The molecule has 122 valence electrons. The lowest BCUT2D eigenvalue weighted by Gasteiger charge is -2.09. The molecule has 3 nitrogen and oxygen atoms in total. The van der Waals surface area contributed by atoms with Crippen molar-refractivity contribution in [3.63, 3.8) is 0 Å². The fraction of sp³-hybridized carbons (Fsp3) is 0.278. The van der Waals surface area contributed by atoms with Crippen LogP contribution in [0.25, 0.3) is 0 Å². The molecule has 2 rings (SSSR count). The van der Waals surface area contributed by atoms with Crippen LogP contribution in [0.5, 0.6) is 11.5 Å². The second kappa shape index (κ2) is 8.50. The Kier molecular flexibility index (Phi) is 6.66. The molecule has 0 N–H and O–H groups in total. The number of rotatable bonds is 6. The molecule has 0 radical (unpaired) electrons. The zero-order valence-electron chi connectivity index (χ0n) is 13.0. The van der Waals surface area contributed by atoms with Crippen molar-refractivity contribution < 1.29 is 14.3 Å². The van der Waals surface area contributed by atoms with E-state index >= 15 is 0 Å². The zero-order chi connectivity index (χ0) is 16.8. The number of carbonyl (C=O) groups is 1. The third-order valence-corrected chi connectivity index (χ3v) is 4.26. The van der Waals surface area contributed by atoms with Gasteiger partial charge in [-0.2, -0.15) is 0 Å². The lowest BCUT2D eigenvalue weighted by atomic mass is 10.1. The van der Waals surface area contributed by atoms with E-state index in [-0.39, 0.29) is 0 Å². The average molecular weight is 442 g/mol. The zero-order valence-corrected chi connectivity index (χ0v) is 16.2. The van der Waals surface area contributed by atoms with Crippen molar-refractivity contribution in [1.82, 2.24) is 0 Å². The van der Waals surface area contributed by atoms with E-state index in [2.05, 4.69) is 45.7 Å². The Bertz CT molecular complexity index is 666. The van der Waals surface area contributed by atoms with E-state index in [0.717, 1.165) is 16.6 Å². The molecule has 0 aliphatic rings. The van der Waals surface area contributed by atoms with Crippen molar-refractivity contribution in [1.29, 1.82) is 0 Å². The van der Waals surface area contributed by atoms with Gasteiger partial charge in [0, 0.05) is 4.47 Å². The van der Waals surface area contributed by atoms with Crippen molar-refractivity contribution in [2.24, 2.45) is 5.92 Å². The molecule has 0 aliphatic heterocycles. The molecule has 0 fully saturated rings. The van der Waals surface area contributed by atoms with E-state index in [1.165, 1.54) is 0 Å². The van der Waals surface area contributed by atoms with Gasteiger partial charge in [0.1, 0.15) is 11.5 Å². The third-order valence-electron chi connectivity index (χ3n) is 3.15. The largest absolute Gasteiger partial charge is 0.494 e. The predicted molar refractivity (Wildman–Crippen MR) is 98.2 cm³/mol. The van der Waals surface area contributed by atoms with Gasteiger partial charge in [-0.25, -0.2) is 4.79 Å². The molecule has 0 saturated heterocycles. The van der Waals surface area contributed by atoms with Crippen molar-refractivity contribution in [3.05, 3.63) is 57.0 Å². The van der Waals surface area contributed by atoms with Crippen LogP contribution in [0.4, 0.5) is 0 Å². The molecule has 23 heavy (non-hydrogen) atoms. The van der Waals surface area contributed by atoms with E-state index in [0.29, 0.717) is 28.3 Å². The summed E-state index contributed by atoms with van der Waals surface area (Å²) in [5, 5.41) is 0. The molecule has 0 aliphatic carbocycles. The topological polar surface area (TPSA) is 35.5 Å². The SMILES string of the molecule is CC(C)CCOc1ccc(C(=O)Oc2ccc(Br)cc2Br)cc1. The first-order valence-electron chi connectivity index (χ1n) is 7.36. The number of esters is 1. The van der Waals surface area contributed by atoms with Crippen LogP contribution >= 0.6 is 31.9 Å². The molecular weight excluding hydrogens is 424 g/mol. The van der Waals surface area contributed by atoms with Gasteiger partial charge >= 0.3 is 5.97 Å². The summed E-state index contributed by atoms with van der Waals surface area (Å²) in [6, 6.07) is 12.4. The fourth-order valence-electron chi connectivity index (χ4n) is 1.82. The summed E-state index contributed by atoms with van der Waals surface area (Å²) in [5.41, 5.74) is 0.482. The van der Waals surface area contributed by atoms with Gasteiger partial charge in [-0.3, -0.25) is 0 Å². The maximum Gasteiger partial charge on any atom is 0.343 e. The summed E-state index contributed by atoms with van der Waals surface area (Å²) in [6.07, 6.45) is 1.00. The lowest BCUT2D eigenvalue weighted by molar-refractivity contribution is 0.0733. The van der Waals surface area contributed by atoms with E-state index in [9.17, 15) is 4.79 Å². The third kappa shape index (κ3) is 5.66. The molecule has 0 atom stereocenters. The highest BCUT2D eigenvalue weighted by Crippen LogP contribution is 2.29. The van der Waals surface area contributed by atoms with Crippen LogP contribution in [0.3, 0.4) is 0 Å². The maximum atomic E-state index is 12.2. The highest BCUT2D eigenvalue weighted by molar-refractivity contribution is 9.11. The normalized spacial score (nSPS) is 10.7. The number of carbonyl (C=O) groups excluding carboxylic acids is 1. The second-order valence-electron chi connectivity index (χ2n) is 5.52. The minimum Gasteiger partial charge on any atom is -0.494 e. The summed E-state index contributed by atoms with van der Waals surface area (Å²) in [7, 11) is 0. The van der Waals surface area contributed by atoms with E-state index in [1.807, 2.05) is 12.1 Å². The molecule has 0 aromatic heterocycles. The van der Waals surface area contributed by atoms with Gasteiger partial charge in [-0.1, -0.05) is 29.8 Å². The quantitative estimate of drug-likeness (QED) is 0.416. The fourth-order valence-corrected chi connectivity index (χ4v) is 2.94. The monoisotopic (exact) mass is 440 g/mol. The smallest absolute Gasteiger partial charge is 0.343 e. The summed E-state index contributed by atoms with van der Waals surface area (Å²) in [4.78, 5) is 12.2. The number of halogens is 2. The van der Waals surface area contributed by atoms with Crippen LogP contribution in [0.1, 0.15) is 30.6 Å². The van der Waals surface area contributed by atoms with Gasteiger partial charge in [0.25, 0.3) is 0 Å². The number of ether oxygens (including phenoxy) is 2. The van der Waals surface area contributed by atoms with Gasteiger partial charge in [-0.15, -0.1) is 0 Å². The Morgan fingerprint density at radius 2 is 1.78 bits per heavy atom. The van der Waals surface area contributed by atoms with Crippen LogP contribution in [-0.2, 0) is 0 Å². The number of hydrogen-bond donors (Lipinski definition) is 0. The summed E-state index contributed by atoms with van der Waals surface area (Å²) in [6.45, 7) is 4.98. The highest BCUT2D eigenvalue weighted by Gasteiger charge is 2.11. The number of hydrogen-bond acceptors (Lipinski definition) is 3. The minimum atomic E-state index is -0.401. The van der Waals surface area contributed by atoms with Crippen molar-refractivity contribution in [2.75, 3.05) is 6.61 Å². The van der Waals surface area contributed by atoms with Crippen LogP contribution in [0.2, 0.25) is 0 Å². The molecule has 2 aromatic carbocycles. The van der Waals surface area contributed by atoms with E-state index in [1.54, 1.807) is 30.3 Å². The number of benzene rings is 2. The van der Waals surface area contributed by atoms with Crippen LogP contribution in [-0.4, -0.2) is 12.6 Å². The summed E-state index contributed by atoms with van der Waals surface area (Å²) in [5.74, 6) is 1.44. The van der Waals surface area contributed by atoms with Crippen LogP contribution < -0.4 is 9.47 Å². The van der Waals surface area contributed by atoms with Gasteiger partial charge in [0.15, 0.2) is 0 Å². The standard InChI is InChI=1S/C18H18Br2O3/c1-12(2)9-10-22-15-6-3-13(4-7-15)18(21)23-17-8-5-14(19)11-16(17)20/h3-8,11-12H,9-10H2,1-2H3. The summed E-state index contributed by atoms with van der Waals surface area (Å²) >= 11 is 6.73.